The van der Waals surface area contributed by atoms with Crippen LogP contribution in [0.1, 0.15) is 110 Å². The van der Waals surface area contributed by atoms with E-state index in [1.165, 1.54) is 96.3 Å². The summed E-state index contributed by atoms with van der Waals surface area (Å²) in [5, 5.41) is 0. The third kappa shape index (κ3) is 25.9. The van der Waals surface area contributed by atoms with Gasteiger partial charge in [0.05, 0.1) is 27.7 Å². The van der Waals surface area contributed by atoms with Crippen LogP contribution >= 0.6 is 0 Å². The standard InChI is InChI=1S/C23H48NO2.BrH/c1-5-6-7-8-9-10-11-12-13-14-15-16-17-18-19-20-21-26-23(25)22-24(2,3)4;/h5-22H2,1-4H3;1H/q+1;/p-1. The molecule has 0 aliphatic heterocycles. The van der Waals surface area contributed by atoms with Crippen LogP contribution < -0.4 is 17.0 Å². The number of likely N-dealkylation sites (N-methyl/N-ethyl adjacent to an activating group) is 1. The molecular weight excluding hydrogens is 402 g/mol. The minimum Gasteiger partial charge on any atom is -1.00 e. The van der Waals surface area contributed by atoms with Crippen molar-refractivity contribution in [2.75, 3.05) is 34.3 Å². The SMILES string of the molecule is CCCCCCCCCCCCCCCCCCOC(=O)C[N+](C)(C)C.[Br-]. The summed E-state index contributed by atoms with van der Waals surface area (Å²) in [5.74, 6) is -0.0709. The van der Waals surface area contributed by atoms with Crippen LogP contribution in [-0.4, -0.2) is 44.7 Å². The topological polar surface area (TPSA) is 26.3 Å². The number of rotatable bonds is 19. The Bertz CT molecular complexity index is 316. The van der Waals surface area contributed by atoms with Crippen LogP contribution in [0.5, 0.6) is 0 Å². The second kappa shape index (κ2) is 20.6. The maximum atomic E-state index is 11.6. The summed E-state index contributed by atoms with van der Waals surface area (Å²) in [6.45, 7) is 3.33. The molecule has 0 aliphatic rings. The highest BCUT2D eigenvalue weighted by Gasteiger charge is 2.14. The van der Waals surface area contributed by atoms with Gasteiger partial charge in [-0.15, -0.1) is 0 Å². The summed E-state index contributed by atoms with van der Waals surface area (Å²) >= 11 is 0. The molecule has 0 saturated heterocycles. The molecule has 0 rings (SSSR count). The third-order valence-corrected chi connectivity index (χ3v) is 4.86. The Morgan fingerprint density at radius 3 is 1.30 bits per heavy atom. The fraction of sp³-hybridized carbons (Fsp3) is 0.957. The van der Waals surface area contributed by atoms with Crippen LogP contribution in [-0.2, 0) is 9.53 Å². The maximum Gasteiger partial charge on any atom is 0.361 e. The van der Waals surface area contributed by atoms with Crippen LogP contribution in [0.4, 0.5) is 0 Å². The molecular formula is C23H48BrNO2. The molecule has 0 aromatic heterocycles. The van der Waals surface area contributed by atoms with Crippen molar-refractivity contribution in [3.8, 4) is 0 Å². The second-order valence-corrected chi connectivity index (χ2v) is 8.97. The van der Waals surface area contributed by atoms with Gasteiger partial charge in [-0.1, -0.05) is 103 Å². The average Bonchev–Trinajstić information content (AvgIpc) is 2.56. The fourth-order valence-corrected chi connectivity index (χ4v) is 3.27. The van der Waals surface area contributed by atoms with Crippen molar-refractivity contribution in [2.24, 2.45) is 0 Å². The van der Waals surface area contributed by atoms with Crippen molar-refractivity contribution in [3.05, 3.63) is 0 Å². The number of ether oxygens (including phenoxy) is 1. The zero-order valence-electron chi connectivity index (χ0n) is 18.9. The summed E-state index contributed by atoms with van der Waals surface area (Å²) in [6, 6.07) is 0. The van der Waals surface area contributed by atoms with Crippen molar-refractivity contribution in [1.82, 2.24) is 0 Å². The molecule has 27 heavy (non-hydrogen) atoms. The van der Waals surface area contributed by atoms with E-state index in [0.717, 1.165) is 6.42 Å². The molecule has 0 aromatic carbocycles. The van der Waals surface area contributed by atoms with Crippen molar-refractivity contribution in [2.45, 2.75) is 110 Å². The molecule has 0 aliphatic carbocycles. The minimum absolute atomic E-state index is 0. The highest BCUT2D eigenvalue weighted by atomic mass is 79.9. The van der Waals surface area contributed by atoms with Gasteiger partial charge in [0.15, 0.2) is 6.54 Å². The van der Waals surface area contributed by atoms with Crippen LogP contribution in [0.2, 0.25) is 0 Å². The molecule has 0 unspecified atom stereocenters. The first-order chi connectivity index (χ1) is 12.5. The molecule has 0 amide bonds. The first-order valence-electron chi connectivity index (χ1n) is 11.4. The predicted octanol–water partition coefficient (Wildman–Crippen LogP) is 3.50. The largest absolute Gasteiger partial charge is 1.00 e. The molecule has 0 aromatic rings. The summed E-state index contributed by atoms with van der Waals surface area (Å²) in [4.78, 5) is 11.6. The molecule has 0 bridgehead atoms. The second-order valence-electron chi connectivity index (χ2n) is 8.97. The Morgan fingerprint density at radius 2 is 0.963 bits per heavy atom. The lowest BCUT2D eigenvalue weighted by Gasteiger charge is -2.22. The van der Waals surface area contributed by atoms with Gasteiger partial charge < -0.3 is 26.2 Å². The number of carbonyl (C=O) groups is 1. The Hall–Kier alpha value is -0.0900. The van der Waals surface area contributed by atoms with Gasteiger partial charge >= 0.3 is 5.97 Å². The van der Waals surface area contributed by atoms with Crippen LogP contribution in [0.25, 0.3) is 0 Å². The summed E-state index contributed by atoms with van der Waals surface area (Å²) in [5.41, 5.74) is 0. The quantitative estimate of drug-likeness (QED) is 0.171. The van der Waals surface area contributed by atoms with Gasteiger partial charge in [-0.25, -0.2) is 4.79 Å². The van der Waals surface area contributed by atoms with Gasteiger partial charge in [0, 0.05) is 0 Å². The molecule has 3 nitrogen and oxygen atoms in total. The molecule has 164 valence electrons. The maximum absolute atomic E-state index is 11.6. The monoisotopic (exact) mass is 449 g/mol. The number of esters is 1. The lowest BCUT2D eigenvalue weighted by molar-refractivity contribution is -0.862. The number of hydrogen-bond acceptors (Lipinski definition) is 2. The third-order valence-electron chi connectivity index (χ3n) is 4.86. The first-order valence-corrected chi connectivity index (χ1v) is 11.4. The van der Waals surface area contributed by atoms with Gasteiger partial charge in [0.2, 0.25) is 0 Å². The molecule has 0 heterocycles. The van der Waals surface area contributed by atoms with E-state index in [1.807, 2.05) is 21.1 Å². The summed E-state index contributed by atoms with van der Waals surface area (Å²) < 4.78 is 5.92. The predicted molar refractivity (Wildman–Crippen MR) is 113 cm³/mol. The number of unbranched alkanes of at least 4 members (excludes halogenated alkanes) is 15. The van der Waals surface area contributed by atoms with Crippen LogP contribution in [0.3, 0.4) is 0 Å². The van der Waals surface area contributed by atoms with Gasteiger partial charge in [-0.2, -0.15) is 0 Å². The molecule has 0 atom stereocenters. The van der Waals surface area contributed by atoms with Crippen molar-refractivity contribution in [1.29, 1.82) is 0 Å². The van der Waals surface area contributed by atoms with Crippen LogP contribution in [0.15, 0.2) is 0 Å². The Labute approximate surface area is 181 Å². The molecule has 0 saturated carbocycles. The van der Waals surface area contributed by atoms with Crippen molar-refractivity contribution < 1.29 is 31.0 Å². The zero-order valence-corrected chi connectivity index (χ0v) is 20.5. The van der Waals surface area contributed by atoms with E-state index >= 15 is 0 Å². The van der Waals surface area contributed by atoms with E-state index in [1.54, 1.807) is 0 Å². The van der Waals surface area contributed by atoms with E-state index in [0.29, 0.717) is 17.6 Å². The average molecular weight is 451 g/mol. The Morgan fingerprint density at radius 1 is 0.630 bits per heavy atom. The summed E-state index contributed by atoms with van der Waals surface area (Å²) in [7, 11) is 6.03. The Kier molecular flexibility index (Phi) is 22.3. The minimum atomic E-state index is -0.0709. The normalized spacial score (nSPS) is 11.3. The van der Waals surface area contributed by atoms with E-state index in [4.69, 9.17) is 4.74 Å². The molecule has 0 N–H and O–H groups in total. The molecule has 0 spiro atoms. The van der Waals surface area contributed by atoms with Gasteiger partial charge in [-0.3, -0.25) is 0 Å². The number of carbonyl (C=O) groups excluding carboxylic acids is 1. The number of quaternary nitrogens is 1. The zero-order chi connectivity index (χ0) is 19.5. The van der Waals surface area contributed by atoms with E-state index in [2.05, 4.69) is 6.92 Å². The van der Waals surface area contributed by atoms with Crippen molar-refractivity contribution >= 4 is 5.97 Å². The van der Waals surface area contributed by atoms with E-state index in [9.17, 15) is 4.79 Å². The van der Waals surface area contributed by atoms with Crippen LogP contribution in [0, 0.1) is 0 Å². The number of nitrogens with zero attached hydrogens (tertiary/aromatic N) is 1. The highest BCUT2D eigenvalue weighted by molar-refractivity contribution is 5.70. The fourth-order valence-electron chi connectivity index (χ4n) is 3.27. The molecule has 0 fully saturated rings. The number of halogens is 1. The van der Waals surface area contributed by atoms with Gasteiger partial charge in [-0.05, 0) is 6.42 Å². The van der Waals surface area contributed by atoms with E-state index in [-0.39, 0.29) is 23.0 Å². The summed E-state index contributed by atoms with van der Waals surface area (Å²) in [6.07, 6.45) is 21.9. The van der Waals surface area contributed by atoms with Gasteiger partial charge in [0.25, 0.3) is 0 Å². The molecule has 4 heteroatoms. The van der Waals surface area contributed by atoms with Crippen molar-refractivity contribution in [3.63, 3.8) is 0 Å². The highest BCUT2D eigenvalue weighted by Crippen LogP contribution is 2.13. The molecule has 0 radical (unpaired) electrons. The van der Waals surface area contributed by atoms with E-state index < -0.39 is 0 Å². The van der Waals surface area contributed by atoms with Gasteiger partial charge in [0.1, 0.15) is 0 Å². The lowest BCUT2D eigenvalue weighted by atomic mass is 10.0. The Balaban J connectivity index is 0. The first kappa shape index (κ1) is 29.1. The lowest BCUT2D eigenvalue weighted by Crippen LogP contribution is -3.00. The number of hydrogen-bond donors (Lipinski definition) is 0. The smallest absolute Gasteiger partial charge is 0.361 e.